The van der Waals surface area contributed by atoms with E-state index in [1.54, 1.807) is 5.38 Å². The van der Waals surface area contributed by atoms with E-state index in [0.717, 1.165) is 35.6 Å². The Morgan fingerprint density at radius 3 is 2.50 bits per heavy atom. The van der Waals surface area contributed by atoms with Crippen LogP contribution in [0.1, 0.15) is 11.7 Å². The molecular weight excluding hydrogens is 437 g/mol. The second-order valence-corrected chi connectivity index (χ2v) is 8.45. The standard InChI is InChI=1S/C16H12ClF3N4O2S2/c17-9-6-14(28(25,26)24-16-22-3-4-27-16)12(20)7-13(9)23-15(21)8-1-2-10(18)11(19)5-8/h1-7,15,23H,21H2,(H,22,24)/t15-/m1/s1. The Hall–Kier alpha value is -2.34. The monoisotopic (exact) mass is 448 g/mol. The summed E-state index contributed by atoms with van der Waals surface area (Å²) in [7, 11) is -4.26. The molecule has 0 saturated carbocycles. The van der Waals surface area contributed by atoms with Gasteiger partial charge in [-0.3, -0.25) is 4.72 Å². The molecule has 0 bridgehead atoms. The van der Waals surface area contributed by atoms with E-state index in [-0.39, 0.29) is 21.4 Å². The van der Waals surface area contributed by atoms with Crippen molar-refractivity contribution in [3.8, 4) is 0 Å². The van der Waals surface area contributed by atoms with Crippen LogP contribution in [0.15, 0.2) is 46.8 Å². The lowest BCUT2D eigenvalue weighted by atomic mass is 10.1. The summed E-state index contributed by atoms with van der Waals surface area (Å²) in [5.74, 6) is -3.22. The summed E-state index contributed by atoms with van der Waals surface area (Å²) in [6.45, 7) is 0. The maximum Gasteiger partial charge on any atom is 0.266 e. The van der Waals surface area contributed by atoms with Crippen LogP contribution in [-0.2, 0) is 10.0 Å². The molecule has 6 nitrogen and oxygen atoms in total. The number of thiazole rings is 1. The highest BCUT2D eigenvalue weighted by Gasteiger charge is 2.23. The lowest BCUT2D eigenvalue weighted by Crippen LogP contribution is -2.21. The largest absolute Gasteiger partial charge is 0.365 e. The van der Waals surface area contributed by atoms with Crippen LogP contribution in [0.3, 0.4) is 0 Å². The lowest BCUT2D eigenvalue weighted by Gasteiger charge is -2.18. The Morgan fingerprint density at radius 1 is 1.11 bits per heavy atom. The molecule has 0 aliphatic heterocycles. The lowest BCUT2D eigenvalue weighted by molar-refractivity contribution is 0.506. The molecule has 1 atom stereocenters. The molecule has 148 valence electrons. The van der Waals surface area contributed by atoms with Gasteiger partial charge >= 0.3 is 0 Å². The van der Waals surface area contributed by atoms with Crippen LogP contribution in [-0.4, -0.2) is 13.4 Å². The minimum Gasteiger partial charge on any atom is -0.365 e. The van der Waals surface area contributed by atoms with E-state index in [9.17, 15) is 21.6 Å². The van der Waals surface area contributed by atoms with Crippen LogP contribution in [0.5, 0.6) is 0 Å². The summed E-state index contributed by atoms with van der Waals surface area (Å²) >= 11 is 7.08. The number of anilines is 2. The minimum absolute atomic E-state index is 0.0235. The van der Waals surface area contributed by atoms with Crippen LogP contribution in [0.25, 0.3) is 0 Å². The van der Waals surface area contributed by atoms with Gasteiger partial charge in [0.25, 0.3) is 10.0 Å². The van der Waals surface area contributed by atoms with Crippen molar-refractivity contribution in [1.29, 1.82) is 0 Å². The van der Waals surface area contributed by atoms with Gasteiger partial charge in [0.2, 0.25) is 0 Å². The summed E-state index contributed by atoms with van der Waals surface area (Å²) in [6.07, 6.45) is 0.335. The summed E-state index contributed by atoms with van der Waals surface area (Å²) < 4.78 is 67.6. The van der Waals surface area contributed by atoms with Gasteiger partial charge in [-0.2, -0.15) is 0 Å². The fraction of sp³-hybridized carbons (Fsp3) is 0.0625. The number of sulfonamides is 1. The van der Waals surface area contributed by atoms with Gasteiger partial charge in [-0.25, -0.2) is 26.6 Å². The average Bonchev–Trinajstić information content (AvgIpc) is 3.12. The Kier molecular flexibility index (Phi) is 5.79. The van der Waals surface area contributed by atoms with Gasteiger partial charge in [-0.15, -0.1) is 11.3 Å². The van der Waals surface area contributed by atoms with Crippen molar-refractivity contribution in [2.75, 3.05) is 10.0 Å². The Bertz CT molecular complexity index is 1110. The fourth-order valence-corrected chi connectivity index (χ4v) is 4.40. The second-order valence-electron chi connectivity index (χ2n) is 5.50. The van der Waals surface area contributed by atoms with Crippen molar-refractivity contribution in [2.45, 2.75) is 11.1 Å². The van der Waals surface area contributed by atoms with Gasteiger partial charge < -0.3 is 11.1 Å². The predicted octanol–water partition coefficient (Wildman–Crippen LogP) is 4.08. The molecule has 0 radical (unpaired) electrons. The van der Waals surface area contributed by atoms with E-state index in [4.69, 9.17) is 17.3 Å². The highest BCUT2D eigenvalue weighted by Crippen LogP contribution is 2.31. The number of halogens is 4. The van der Waals surface area contributed by atoms with Gasteiger partial charge in [0.1, 0.15) is 16.9 Å². The highest BCUT2D eigenvalue weighted by molar-refractivity contribution is 7.93. The van der Waals surface area contributed by atoms with Crippen LogP contribution in [0, 0.1) is 17.5 Å². The predicted molar refractivity (Wildman–Crippen MR) is 101 cm³/mol. The highest BCUT2D eigenvalue weighted by atomic mass is 35.5. The van der Waals surface area contributed by atoms with E-state index in [2.05, 4.69) is 15.0 Å². The normalized spacial score (nSPS) is 12.6. The number of nitrogens with two attached hydrogens (primary N) is 1. The van der Waals surface area contributed by atoms with Gasteiger partial charge in [0.05, 0.1) is 10.7 Å². The first-order valence-electron chi connectivity index (χ1n) is 7.56. The summed E-state index contributed by atoms with van der Waals surface area (Å²) in [5, 5.41) is 4.11. The number of nitrogens with one attached hydrogen (secondary N) is 2. The first kappa shape index (κ1) is 20.4. The Morgan fingerprint density at radius 2 is 1.86 bits per heavy atom. The van der Waals surface area contributed by atoms with Crippen LogP contribution in [0.2, 0.25) is 5.02 Å². The number of rotatable bonds is 6. The van der Waals surface area contributed by atoms with Crippen LogP contribution in [0.4, 0.5) is 24.0 Å². The zero-order valence-electron chi connectivity index (χ0n) is 13.8. The van der Waals surface area contributed by atoms with Gasteiger partial charge in [0, 0.05) is 11.6 Å². The summed E-state index contributed by atoms with van der Waals surface area (Å²) in [6, 6.07) is 4.78. The molecule has 0 amide bonds. The molecule has 4 N–H and O–H groups in total. The van der Waals surface area contributed by atoms with Crippen molar-refractivity contribution < 1.29 is 21.6 Å². The molecule has 28 heavy (non-hydrogen) atoms. The van der Waals surface area contributed by atoms with E-state index >= 15 is 0 Å². The Balaban J connectivity index is 1.86. The van der Waals surface area contributed by atoms with Crippen molar-refractivity contribution in [1.82, 2.24) is 4.98 Å². The summed E-state index contributed by atoms with van der Waals surface area (Å²) in [5.41, 5.74) is 6.02. The molecule has 1 heterocycles. The first-order valence-corrected chi connectivity index (χ1v) is 10.3. The number of hydrogen-bond acceptors (Lipinski definition) is 6. The topological polar surface area (TPSA) is 97.1 Å². The molecule has 2 aromatic carbocycles. The van der Waals surface area contributed by atoms with Gasteiger partial charge in [0.15, 0.2) is 16.8 Å². The number of hydrogen-bond donors (Lipinski definition) is 3. The van der Waals surface area contributed by atoms with Crippen molar-refractivity contribution in [2.24, 2.45) is 5.73 Å². The molecule has 0 spiro atoms. The van der Waals surface area contributed by atoms with Crippen LogP contribution < -0.4 is 15.8 Å². The van der Waals surface area contributed by atoms with E-state index in [1.165, 1.54) is 12.3 Å². The molecule has 0 aliphatic carbocycles. The molecule has 0 aliphatic rings. The van der Waals surface area contributed by atoms with Crippen LogP contribution >= 0.6 is 22.9 Å². The molecule has 0 saturated heterocycles. The average molecular weight is 449 g/mol. The molecule has 0 fully saturated rings. The Labute approximate surface area is 167 Å². The third-order valence-electron chi connectivity index (χ3n) is 3.58. The van der Waals surface area contributed by atoms with Gasteiger partial charge in [-0.05, 0) is 29.8 Å². The quantitative estimate of drug-likeness (QED) is 0.493. The number of benzene rings is 2. The van der Waals surface area contributed by atoms with Crippen molar-refractivity contribution >= 4 is 43.8 Å². The third kappa shape index (κ3) is 4.38. The van der Waals surface area contributed by atoms with Crippen molar-refractivity contribution in [3.63, 3.8) is 0 Å². The molecule has 12 heteroatoms. The van der Waals surface area contributed by atoms with E-state index in [1.807, 2.05) is 0 Å². The zero-order valence-corrected chi connectivity index (χ0v) is 16.2. The molecular formula is C16H12ClF3N4O2S2. The molecule has 3 aromatic rings. The molecule has 1 aromatic heterocycles. The summed E-state index contributed by atoms with van der Waals surface area (Å²) in [4.78, 5) is 3.09. The molecule has 0 unspecified atom stereocenters. The number of aromatic nitrogens is 1. The smallest absolute Gasteiger partial charge is 0.266 e. The van der Waals surface area contributed by atoms with Crippen molar-refractivity contribution in [3.05, 3.63) is 69.9 Å². The number of nitrogens with zero attached hydrogens (tertiary/aromatic N) is 1. The van der Waals surface area contributed by atoms with E-state index < -0.39 is 38.5 Å². The second kappa shape index (κ2) is 7.95. The zero-order chi connectivity index (χ0) is 20.5. The fourth-order valence-electron chi connectivity index (χ4n) is 2.25. The van der Waals surface area contributed by atoms with E-state index in [0.29, 0.717) is 0 Å². The minimum atomic E-state index is -4.26. The molecule has 3 rings (SSSR count). The van der Waals surface area contributed by atoms with Gasteiger partial charge in [-0.1, -0.05) is 17.7 Å². The third-order valence-corrected chi connectivity index (χ3v) is 6.06. The first-order chi connectivity index (χ1) is 13.2. The maximum absolute atomic E-state index is 14.4. The maximum atomic E-state index is 14.4. The SMILES string of the molecule is N[C@H](Nc1cc(F)c(S(=O)(=O)Nc2nccs2)cc1Cl)c1ccc(F)c(F)c1.